The molecule has 2 nitrogen and oxygen atoms in total. The first-order valence-corrected chi connectivity index (χ1v) is 5.13. The van der Waals surface area contributed by atoms with E-state index in [2.05, 4.69) is 44.2 Å². The van der Waals surface area contributed by atoms with Gasteiger partial charge in [-0.15, -0.1) is 11.6 Å². The number of alkyl halides is 1. The summed E-state index contributed by atoms with van der Waals surface area (Å²) in [4.78, 5) is 2.21. The van der Waals surface area contributed by atoms with Crippen molar-refractivity contribution in [1.29, 1.82) is 0 Å². The fraction of sp³-hybridized carbons (Fsp3) is 0.800. The molecule has 0 aliphatic heterocycles. The van der Waals surface area contributed by atoms with Crippen LogP contribution in [0.5, 0.6) is 0 Å². The lowest BCUT2D eigenvalue weighted by molar-refractivity contribution is 0.192. The Balaban J connectivity index is 3.58. The van der Waals surface area contributed by atoms with E-state index in [1.54, 1.807) is 0 Å². The average molecular weight is 205 g/mol. The second-order valence-electron chi connectivity index (χ2n) is 3.96. The van der Waals surface area contributed by atoms with Crippen LogP contribution < -0.4 is 5.32 Å². The van der Waals surface area contributed by atoms with Crippen molar-refractivity contribution in [2.45, 2.75) is 19.4 Å². The highest BCUT2D eigenvalue weighted by atomic mass is 35.5. The summed E-state index contributed by atoms with van der Waals surface area (Å²) in [5.41, 5.74) is 0.203. The normalized spacial score (nSPS) is 13.1. The van der Waals surface area contributed by atoms with Gasteiger partial charge < -0.3 is 10.2 Å². The summed E-state index contributed by atoms with van der Waals surface area (Å²) in [6.07, 6.45) is 4.01. The van der Waals surface area contributed by atoms with E-state index in [-0.39, 0.29) is 5.54 Å². The van der Waals surface area contributed by atoms with Crippen LogP contribution in [0.4, 0.5) is 0 Å². The van der Waals surface area contributed by atoms with Crippen molar-refractivity contribution in [2.24, 2.45) is 0 Å². The van der Waals surface area contributed by atoms with Crippen molar-refractivity contribution in [1.82, 2.24) is 10.2 Å². The van der Waals surface area contributed by atoms with Gasteiger partial charge in [0.15, 0.2) is 0 Å². The van der Waals surface area contributed by atoms with Crippen LogP contribution in [0, 0.1) is 0 Å². The highest BCUT2D eigenvalue weighted by molar-refractivity contribution is 6.18. The minimum atomic E-state index is 0.203. The van der Waals surface area contributed by atoms with Gasteiger partial charge in [0.1, 0.15) is 0 Å². The van der Waals surface area contributed by atoms with E-state index in [1.807, 2.05) is 6.08 Å². The average Bonchev–Trinajstić information content (AvgIpc) is 2.03. The monoisotopic (exact) mass is 204 g/mol. The van der Waals surface area contributed by atoms with Crippen LogP contribution in [0.3, 0.4) is 0 Å². The molecule has 0 aromatic heterocycles. The molecule has 0 aliphatic rings. The number of hydrogen-bond acceptors (Lipinski definition) is 2. The predicted octanol–water partition coefficient (Wildman–Crippen LogP) is 1.71. The SMILES string of the molecule is CN(C)C(C)(C)CNC/C=C/CCl. The maximum Gasteiger partial charge on any atom is 0.0404 e. The quantitative estimate of drug-likeness (QED) is 0.403. The van der Waals surface area contributed by atoms with Crippen LogP contribution in [0.1, 0.15) is 13.8 Å². The van der Waals surface area contributed by atoms with Gasteiger partial charge in [-0.25, -0.2) is 0 Å². The highest BCUT2D eigenvalue weighted by Crippen LogP contribution is 2.07. The van der Waals surface area contributed by atoms with Crippen molar-refractivity contribution >= 4 is 11.6 Å². The Hall–Kier alpha value is -0.0500. The summed E-state index contributed by atoms with van der Waals surface area (Å²) in [5.74, 6) is 0.596. The second-order valence-corrected chi connectivity index (χ2v) is 4.27. The fourth-order valence-electron chi connectivity index (χ4n) is 0.766. The van der Waals surface area contributed by atoms with Gasteiger partial charge >= 0.3 is 0 Å². The highest BCUT2D eigenvalue weighted by Gasteiger charge is 2.18. The number of rotatable bonds is 6. The Labute approximate surface area is 86.9 Å². The zero-order valence-electron chi connectivity index (χ0n) is 9.10. The third kappa shape index (κ3) is 6.08. The van der Waals surface area contributed by atoms with E-state index in [4.69, 9.17) is 11.6 Å². The molecule has 0 saturated carbocycles. The van der Waals surface area contributed by atoms with Gasteiger partial charge in [-0.05, 0) is 27.9 Å². The molecule has 0 saturated heterocycles. The van der Waals surface area contributed by atoms with Crippen molar-refractivity contribution in [3.05, 3.63) is 12.2 Å². The smallest absolute Gasteiger partial charge is 0.0404 e. The predicted molar refractivity (Wildman–Crippen MR) is 60.5 cm³/mol. The minimum absolute atomic E-state index is 0.203. The molecule has 1 N–H and O–H groups in total. The molecule has 0 radical (unpaired) electrons. The van der Waals surface area contributed by atoms with Gasteiger partial charge in [0.2, 0.25) is 0 Å². The molecule has 13 heavy (non-hydrogen) atoms. The van der Waals surface area contributed by atoms with Gasteiger partial charge in [-0.3, -0.25) is 0 Å². The Kier molecular flexibility index (Phi) is 6.39. The molecule has 0 unspecified atom stereocenters. The molecule has 0 rings (SSSR count). The lowest BCUT2D eigenvalue weighted by Crippen LogP contribution is -2.46. The summed E-state index contributed by atoms with van der Waals surface area (Å²) < 4.78 is 0. The van der Waals surface area contributed by atoms with Crippen LogP contribution in [0.25, 0.3) is 0 Å². The summed E-state index contributed by atoms with van der Waals surface area (Å²) >= 11 is 5.50. The molecule has 0 bridgehead atoms. The maximum absolute atomic E-state index is 5.50. The van der Waals surface area contributed by atoms with Gasteiger partial charge in [0, 0.05) is 24.5 Å². The summed E-state index contributed by atoms with van der Waals surface area (Å²) in [5, 5.41) is 3.35. The number of likely N-dealkylation sites (N-methyl/N-ethyl adjacent to an activating group) is 1. The molecule has 0 amide bonds. The number of halogens is 1. The van der Waals surface area contributed by atoms with Crippen molar-refractivity contribution < 1.29 is 0 Å². The Morgan fingerprint density at radius 2 is 1.92 bits per heavy atom. The molecular weight excluding hydrogens is 184 g/mol. The molecule has 0 aromatic carbocycles. The molecule has 0 heterocycles. The molecule has 0 aliphatic carbocycles. The first-order valence-electron chi connectivity index (χ1n) is 4.60. The summed E-state index contributed by atoms with van der Waals surface area (Å²) in [6.45, 7) is 6.30. The lowest BCUT2D eigenvalue weighted by atomic mass is 10.0. The van der Waals surface area contributed by atoms with Crippen LogP contribution in [0.15, 0.2) is 12.2 Å². The Bertz CT molecular complexity index is 153. The largest absolute Gasteiger partial charge is 0.311 e. The van der Waals surface area contributed by atoms with E-state index in [1.165, 1.54) is 0 Å². The maximum atomic E-state index is 5.50. The molecule has 0 fully saturated rings. The van der Waals surface area contributed by atoms with Gasteiger partial charge in [-0.2, -0.15) is 0 Å². The van der Waals surface area contributed by atoms with Crippen molar-refractivity contribution in [2.75, 3.05) is 33.1 Å². The number of allylic oxidation sites excluding steroid dienone is 1. The fourth-order valence-corrected chi connectivity index (χ4v) is 0.892. The van der Waals surface area contributed by atoms with Crippen molar-refractivity contribution in [3.63, 3.8) is 0 Å². The van der Waals surface area contributed by atoms with Crippen LogP contribution in [-0.2, 0) is 0 Å². The lowest BCUT2D eigenvalue weighted by Gasteiger charge is -2.32. The summed E-state index contributed by atoms with van der Waals surface area (Å²) in [6, 6.07) is 0. The van der Waals surface area contributed by atoms with E-state index in [0.29, 0.717) is 5.88 Å². The van der Waals surface area contributed by atoms with E-state index in [0.717, 1.165) is 13.1 Å². The number of hydrogen-bond donors (Lipinski definition) is 1. The van der Waals surface area contributed by atoms with Gasteiger partial charge in [0.25, 0.3) is 0 Å². The third-order valence-corrected chi connectivity index (χ3v) is 2.46. The number of nitrogens with one attached hydrogen (secondary N) is 1. The van der Waals surface area contributed by atoms with Crippen LogP contribution in [-0.4, -0.2) is 43.5 Å². The van der Waals surface area contributed by atoms with Crippen molar-refractivity contribution in [3.8, 4) is 0 Å². The standard InChI is InChI=1S/C10H21ClN2/c1-10(2,13(3)4)9-12-8-6-5-7-11/h5-6,12H,7-9H2,1-4H3/b6-5+. The third-order valence-electron chi connectivity index (χ3n) is 2.29. The second kappa shape index (κ2) is 6.41. The zero-order valence-corrected chi connectivity index (χ0v) is 9.86. The van der Waals surface area contributed by atoms with Gasteiger partial charge in [0.05, 0.1) is 0 Å². The molecule has 0 atom stereocenters. The van der Waals surface area contributed by atoms with Crippen LogP contribution in [0.2, 0.25) is 0 Å². The molecule has 0 spiro atoms. The van der Waals surface area contributed by atoms with E-state index < -0.39 is 0 Å². The molecule has 0 aromatic rings. The Morgan fingerprint density at radius 1 is 1.31 bits per heavy atom. The van der Waals surface area contributed by atoms with E-state index in [9.17, 15) is 0 Å². The molecule has 78 valence electrons. The minimum Gasteiger partial charge on any atom is -0.311 e. The first kappa shape index (κ1) is 12.9. The zero-order chi connectivity index (χ0) is 10.3. The molecule has 3 heteroatoms. The molecular formula is C10H21ClN2. The summed E-state index contributed by atoms with van der Waals surface area (Å²) in [7, 11) is 4.19. The van der Waals surface area contributed by atoms with Crippen LogP contribution >= 0.6 is 11.6 Å². The first-order chi connectivity index (χ1) is 6.00. The van der Waals surface area contributed by atoms with E-state index >= 15 is 0 Å². The Morgan fingerprint density at radius 3 is 2.38 bits per heavy atom. The topological polar surface area (TPSA) is 15.3 Å². The number of nitrogens with zero attached hydrogens (tertiary/aromatic N) is 1. The van der Waals surface area contributed by atoms with Gasteiger partial charge in [-0.1, -0.05) is 12.2 Å².